The van der Waals surface area contributed by atoms with E-state index in [1.807, 2.05) is 13.0 Å². The van der Waals surface area contributed by atoms with Crippen molar-refractivity contribution in [3.63, 3.8) is 0 Å². The second-order valence-electron chi connectivity index (χ2n) is 6.47. The third-order valence-corrected chi connectivity index (χ3v) is 4.87. The minimum absolute atomic E-state index is 0.0770. The standard InChI is InChI=1S/C18H25N3O2/c1-3-15(21-11-5-7-17(21)22)18(23)19-14-8-9-16-13(12-14)6-4-10-20(16)2/h8-9,12,15H,3-7,10-11H2,1-2H3,(H,19,23)/t15-/m0/s1. The predicted molar refractivity (Wildman–Crippen MR) is 91.7 cm³/mol. The van der Waals surface area contributed by atoms with Gasteiger partial charge in [-0.2, -0.15) is 0 Å². The third-order valence-electron chi connectivity index (χ3n) is 4.87. The maximum atomic E-state index is 12.6. The fraction of sp³-hybridized carbons (Fsp3) is 0.556. The third kappa shape index (κ3) is 3.19. The van der Waals surface area contributed by atoms with Crippen LogP contribution in [0.4, 0.5) is 11.4 Å². The van der Waals surface area contributed by atoms with E-state index in [4.69, 9.17) is 0 Å². The summed E-state index contributed by atoms with van der Waals surface area (Å²) in [5.74, 6) is 0.0194. The van der Waals surface area contributed by atoms with E-state index in [2.05, 4.69) is 29.4 Å². The lowest BCUT2D eigenvalue weighted by Gasteiger charge is -2.28. The van der Waals surface area contributed by atoms with Crippen LogP contribution in [0.3, 0.4) is 0 Å². The van der Waals surface area contributed by atoms with Crippen molar-refractivity contribution in [2.24, 2.45) is 0 Å². The lowest BCUT2D eigenvalue weighted by Crippen LogP contribution is -2.44. The molecule has 0 saturated carbocycles. The van der Waals surface area contributed by atoms with Gasteiger partial charge in [0.1, 0.15) is 6.04 Å². The predicted octanol–water partition coefficient (Wildman–Crippen LogP) is 2.41. The molecule has 1 atom stereocenters. The number of likely N-dealkylation sites (tertiary alicyclic amines) is 1. The summed E-state index contributed by atoms with van der Waals surface area (Å²) in [5, 5.41) is 3.00. The minimum atomic E-state index is -0.358. The van der Waals surface area contributed by atoms with Crippen LogP contribution < -0.4 is 10.2 Å². The first kappa shape index (κ1) is 15.8. The van der Waals surface area contributed by atoms with Gasteiger partial charge in [0.15, 0.2) is 0 Å². The Labute approximate surface area is 137 Å². The van der Waals surface area contributed by atoms with Gasteiger partial charge in [0.25, 0.3) is 0 Å². The molecule has 1 saturated heterocycles. The van der Waals surface area contributed by atoms with Crippen LogP contribution >= 0.6 is 0 Å². The molecule has 2 aliphatic rings. The number of fused-ring (bicyclic) bond motifs is 1. The van der Waals surface area contributed by atoms with Crippen LogP contribution in [-0.2, 0) is 16.0 Å². The number of hydrogen-bond acceptors (Lipinski definition) is 3. The molecule has 1 aromatic rings. The van der Waals surface area contributed by atoms with Gasteiger partial charge in [-0.15, -0.1) is 0 Å². The molecular weight excluding hydrogens is 290 g/mol. The number of carbonyl (C=O) groups is 2. The van der Waals surface area contributed by atoms with Gasteiger partial charge in [0, 0.05) is 37.9 Å². The molecule has 0 radical (unpaired) electrons. The van der Waals surface area contributed by atoms with E-state index in [1.54, 1.807) is 4.90 Å². The number of amides is 2. The maximum Gasteiger partial charge on any atom is 0.247 e. The van der Waals surface area contributed by atoms with Gasteiger partial charge in [0.05, 0.1) is 0 Å². The van der Waals surface area contributed by atoms with E-state index in [0.717, 1.165) is 31.5 Å². The van der Waals surface area contributed by atoms with E-state index >= 15 is 0 Å². The highest BCUT2D eigenvalue weighted by atomic mass is 16.2. The largest absolute Gasteiger partial charge is 0.374 e. The highest BCUT2D eigenvalue weighted by Crippen LogP contribution is 2.29. The Morgan fingerprint density at radius 1 is 1.26 bits per heavy atom. The summed E-state index contributed by atoms with van der Waals surface area (Å²) in [6.45, 7) is 3.73. The number of rotatable bonds is 4. The van der Waals surface area contributed by atoms with Crippen molar-refractivity contribution in [1.82, 2.24) is 4.90 Å². The Morgan fingerprint density at radius 3 is 2.74 bits per heavy atom. The zero-order valence-corrected chi connectivity index (χ0v) is 14.0. The number of hydrogen-bond donors (Lipinski definition) is 1. The molecule has 0 aromatic heterocycles. The summed E-state index contributed by atoms with van der Waals surface area (Å²) in [5.41, 5.74) is 3.35. The van der Waals surface area contributed by atoms with Gasteiger partial charge in [-0.1, -0.05) is 6.92 Å². The van der Waals surface area contributed by atoms with Crippen molar-refractivity contribution in [1.29, 1.82) is 0 Å². The number of anilines is 2. The number of nitrogens with one attached hydrogen (secondary N) is 1. The summed E-state index contributed by atoms with van der Waals surface area (Å²) < 4.78 is 0. The van der Waals surface area contributed by atoms with E-state index in [1.165, 1.54) is 11.3 Å². The first-order valence-corrected chi connectivity index (χ1v) is 8.54. The van der Waals surface area contributed by atoms with Gasteiger partial charge in [-0.05, 0) is 49.4 Å². The number of nitrogens with zero attached hydrogens (tertiary/aromatic N) is 2. The summed E-state index contributed by atoms with van der Waals surface area (Å²) in [6.07, 6.45) is 4.25. The number of aryl methyl sites for hydroxylation is 1. The van der Waals surface area contributed by atoms with E-state index in [9.17, 15) is 9.59 Å². The summed E-state index contributed by atoms with van der Waals surface area (Å²) in [4.78, 5) is 28.5. The van der Waals surface area contributed by atoms with Crippen LogP contribution in [0.2, 0.25) is 0 Å². The molecule has 2 amide bonds. The molecule has 1 aromatic carbocycles. The molecule has 2 aliphatic heterocycles. The van der Waals surface area contributed by atoms with Crippen molar-refractivity contribution in [2.45, 2.75) is 45.1 Å². The molecule has 5 heteroatoms. The zero-order chi connectivity index (χ0) is 16.4. The molecule has 0 spiro atoms. The molecule has 0 aliphatic carbocycles. The summed E-state index contributed by atoms with van der Waals surface area (Å²) in [6, 6.07) is 5.74. The number of benzene rings is 1. The van der Waals surface area contributed by atoms with Crippen molar-refractivity contribution in [3.05, 3.63) is 23.8 Å². The second-order valence-corrected chi connectivity index (χ2v) is 6.47. The molecule has 1 N–H and O–H groups in total. The molecular formula is C18H25N3O2. The van der Waals surface area contributed by atoms with Gasteiger partial charge < -0.3 is 15.1 Å². The summed E-state index contributed by atoms with van der Waals surface area (Å²) in [7, 11) is 2.10. The van der Waals surface area contributed by atoms with Gasteiger partial charge >= 0.3 is 0 Å². The molecule has 124 valence electrons. The zero-order valence-electron chi connectivity index (χ0n) is 14.0. The second kappa shape index (κ2) is 6.60. The lowest BCUT2D eigenvalue weighted by molar-refractivity contribution is -0.135. The fourth-order valence-electron chi connectivity index (χ4n) is 3.63. The van der Waals surface area contributed by atoms with E-state index in [-0.39, 0.29) is 17.9 Å². The highest BCUT2D eigenvalue weighted by molar-refractivity contribution is 5.97. The van der Waals surface area contributed by atoms with Crippen molar-refractivity contribution in [2.75, 3.05) is 30.4 Å². The van der Waals surface area contributed by atoms with Crippen molar-refractivity contribution >= 4 is 23.2 Å². The minimum Gasteiger partial charge on any atom is -0.374 e. The Balaban J connectivity index is 1.73. The number of carbonyl (C=O) groups excluding carboxylic acids is 2. The lowest BCUT2D eigenvalue weighted by atomic mass is 10.0. The van der Waals surface area contributed by atoms with E-state index < -0.39 is 0 Å². The quantitative estimate of drug-likeness (QED) is 0.928. The van der Waals surface area contributed by atoms with Gasteiger partial charge in [0.2, 0.25) is 11.8 Å². The van der Waals surface area contributed by atoms with Crippen molar-refractivity contribution in [3.8, 4) is 0 Å². The van der Waals surface area contributed by atoms with E-state index in [0.29, 0.717) is 19.4 Å². The first-order valence-electron chi connectivity index (χ1n) is 8.54. The molecule has 3 rings (SSSR count). The Morgan fingerprint density at radius 2 is 2.04 bits per heavy atom. The van der Waals surface area contributed by atoms with Crippen LogP contribution in [-0.4, -0.2) is 42.9 Å². The molecule has 1 fully saturated rings. The molecule has 5 nitrogen and oxygen atoms in total. The molecule has 23 heavy (non-hydrogen) atoms. The topological polar surface area (TPSA) is 52.7 Å². The van der Waals surface area contributed by atoms with Gasteiger partial charge in [-0.3, -0.25) is 9.59 Å². The van der Waals surface area contributed by atoms with Gasteiger partial charge in [-0.25, -0.2) is 0 Å². The average Bonchev–Trinajstić information content (AvgIpc) is 2.94. The SMILES string of the molecule is CC[C@@H](C(=O)Nc1ccc2c(c1)CCCN2C)N1CCCC1=O. The molecule has 0 bridgehead atoms. The van der Waals surface area contributed by atoms with Crippen LogP contribution in [0, 0.1) is 0 Å². The Bertz CT molecular complexity index is 614. The highest BCUT2D eigenvalue weighted by Gasteiger charge is 2.31. The van der Waals surface area contributed by atoms with Crippen LogP contribution in [0.1, 0.15) is 38.2 Å². The monoisotopic (exact) mass is 315 g/mol. The Kier molecular flexibility index (Phi) is 4.55. The molecule has 2 heterocycles. The maximum absolute atomic E-state index is 12.6. The average molecular weight is 315 g/mol. The smallest absolute Gasteiger partial charge is 0.247 e. The normalized spacial score (nSPS) is 18.8. The van der Waals surface area contributed by atoms with Crippen molar-refractivity contribution < 1.29 is 9.59 Å². The fourth-order valence-corrected chi connectivity index (χ4v) is 3.63. The Hall–Kier alpha value is -2.04. The van der Waals surface area contributed by atoms with Crippen LogP contribution in [0.15, 0.2) is 18.2 Å². The van der Waals surface area contributed by atoms with Crippen LogP contribution in [0.5, 0.6) is 0 Å². The summed E-state index contributed by atoms with van der Waals surface area (Å²) >= 11 is 0. The van der Waals surface area contributed by atoms with Crippen LogP contribution in [0.25, 0.3) is 0 Å². The molecule has 0 unspecified atom stereocenters. The first-order chi connectivity index (χ1) is 11.1.